The van der Waals surface area contributed by atoms with E-state index in [1.165, 1.54) is 0 Å². The minimum Gasteiger partial charge on any atom is -0.396 e. The van der Waals surface area contributed by atoms with Crippen molar-refractivity contribution in [3.05, 3.63) is 0 Å². The molecule has 0 bridgehead atoms. The number of hydrogen-bond acceptors (Lipinski definition) is 2. The molecule has 2 N–H and O–H groups in total. The summed E-state index contributed by atoms with van der Waals surface area (Å²) in [6.45, 7) is 10.0. The number of nitrogens with one attached hydrogen (secondary N) is 1. The third-order valence-electron chi connectivity index (χ3n) is 2.33. The second kappa shape index (κ2) is 5.55. The van der Waals surface area contributed by atoms with Gasteiger partial charge in [0.1, 0.15) is 0 Å². The SMILES string of the molecule is CCC(C)NCC(C)(C)CCO. The van der Waals surface area contributed by atoms with Gasteiger partial charge < -0.3 is 10.4 Å². The van der Waals surface area contributed by atoms with Crippen molar-refractivity contribution < 1.29 is 5.11 Å². The van der Waals surface area contributed by atoms with E-state index in [1.807, 2.05) is 0 Å². The molecule has 0 aromatic rings. The Morgan fingerprint density at radius 3 is 2.42 bits per heavy atom. The Morgan fingerprint density at radius 2 is 2.00 bits per heavy atom. The normalized spacial score (nSPS) is 14.8. The van der Waals surface area contributed by atoms with Crippen LogP contribution < -0.4 is 5.32 Å². The molecule has 0 rings (SSSR count). The average Bonchev–Trinajstić information content (AvgIpc) is 2.00. The zero-order valence-corrected chi connectivity index (χ0v) is 8.85. The molecule has 0 heterocycles. The van der Waals surface area contributed by atoms with Gasteiger partial charge in [-0.3, -0.25) is 0 Å². The molecule has 0 saturated carbocycles. The molecule has 2 heteroatoms. The molecule has 2 nitrogen and oxygen atoms in total. The summed E-state index contributed by atoms with van der Waals surface area (Å²) in [5.74, 6) is 0. The van der Waals surface area contributed by atoms with E-state index in [1.54, 1.807) is 0 Å². The molecule has 0 aromatic heterocycles. The van der Waals surface area contributed by atoms with Gasteiger partial charge in [-0.25, -0.2) is 0 Å². The summed E-state index contributed by atoms with van der Waals surface area (Å²) in [6.07, 6.45) is 2.03. The highest BCUT2D eigenvalue weighted by Crippen LogP contribution is 2.18. The number of hydrogen-bond donors (Lipinski definition) is 2. The summed E-state index contributed by atoms with van der Waals surface area (Å²) in [5, 5.41) is 12.2. The highest BCUT2D eigenvalue weighted by molar-refractivity contribution is 4.72. The van der Waals surface area contributed by atoms with Crippen LogP contribution in [0.15, 0.2) is 0 Å². The van der Waals surface area contributed by atoms with Crippen LogP contribution in [-0.2, 0) is 0 Å². The first kappa shape index (κ1) is 11.9. The van der Waals surface area contributed by atoms with E-state index in [0.29, 0.717) is 6.04 Å². The van der Waals surface area contributed by atoms with Gasteiger partial charge in [0.05, 0.1) is 0 Å². The highest BCUT2D eigenvalue weighted by Gasteiger charge is 2.16. The van der Waals surface area contributed by atoms with Gasteiger partial charge in [0, 0.05) is 19.2 Å². The second-order valence-electron chi connectivity index (χ2n) is 4.33. The topological polar surface area (TPSA) is 32.3 Å². The first-order valence-electron chi connectivity index (χ1n) is 4.86. The molecule has 1 atom stereocenters. The lowest BCUT2D eigenvalue weighted by molar-refractivity contribution is 0.203. The van der Waals surface area contributed by atoms with Crippen molar-refractivity contribution in [3.63, 3.8) is 0 Å². The predicted octanol–water partition coefficient (Wildman–Crippen LogP) is 1.78. The molecule has 0 spiro atoms. The van der Waals surface area contributed by atoms with Gasteiger partial charge in [-0.1, -0.05) is 20.8 Å². The lowest BCUT2D eigenvalue weighted by atomic mass is 9.89. The van der Waals surface area contributed by atoms with E-state index in [0.717, 1.165) is 19.4 Å². The summed E-state index contributed by atoms with van der Waals surface area (Å²) in [6, 6.07) is 0.586. The first-order chi connectivity index (χ1) is 5.52. The zero-order valence-electron chi connectivity index (χ0n) is 8.85. The fourth-order valence-corrected chi connectivity index (χ4v) is 0.986. The Hall–Kier alpha value is -0.0800. The Balaban J connectivity index is 3.59. The zero-order chi connectivity index (χ0) is 9.61. The molecule has 74 valence electrons. The summed E-state index contributed by atoms with van der Waals surface area (Å²) >= 11 is 0. The van der Waals surface area contributed by atoms with Gasteiger partial charge >= 0.3 is 0 Å². The molecule has 0 aliphatic heterocycles. The van der Waals surface area contributed by atoms with Gasteiger partial charge in [0.25, 0.3) is 0 Å². The van der Waals surface area contributed by atoms with Crippen molar-refractivity contribution in [2.24, 2.45) is 5.41 Å². The van der Waals surface area contributed by atoms with Crippen LogP contribution in [-0.4, -0.2) is 24.3 Å². The molecule has 0 radical (unpaired) electrons. The predicted molar refractivity (Wildman–Crippen MR) is 53.2 cm³/mol. The van der Waals surface area contributed by atoms with Crippen LogP contribution in [0.2, 0.25) is 0 Å². The maximum absolute atomic E-state index is 8.80. The molecule has 0 fully saturated rings. The highest BCUT2D eigenvalue weighted by atomic mass is 16.3. The summed E-state index contributed by atoms with van der Waals surface area (Å²) < 4.78 is 0. The molecule has 12 heavy (non-hydrogen) atoms. The molecule has 1 unspecified atom stereocenters. The quantitative estimate of drug-likeness (QED) is 0.642. The summed E-state index contributed by atoms with van der Waals surface area (Å²) in [4.78, 5) is 0. The maximum Gasteiger partial charge on any atom is 0.0436 e. The Morgan fingerprint density at radius 1 is 1.42 bits per heavy atom. The van der Waals surface area contributed by atoms with Crippen molar-refractivity contribution in [3.8, 4) is 0 Å². The van der Waals surface area contributed by atoms with Crippen LogP contribution in [0.4, 0.5) is 0 Å². The van der Waals surface area contributed by atoms with Gasteiger partial charge in [0.15, 0.2) is 0 Å². The summed E-state index contributed by atoms with van der Waals surface area (Å²) in [5.41, 5.74) is 0.220. The standard InChI is InChI=1S/C10H23NO/c1-5-9(2)11-8-10(3,4)6-7-12/h9,11-12H,5-8H2,1-4H3. The molecule has 0 amide bonds. The van der Waals surface area contributed by atoms with E-state index in [2.05, 4.69) is 33.0 Å². The van der Waals surface area contributed by atoms with Crippen LogP contribution in [0, 0.1) is 5.41 Å². The minimum atomic E-state index is 0.220. The van der Waals surface area contributed by atoms with E-state index in [4.69, 9.17) is 5.11 Å². The lowest BCUT2D eigenvalue weighted by Crippen LogP contribution is -2.35. The molecular formula is C10H23NO. The van der Waals surface area contributed by atoms with Gasteiger partial charge in [0.2, 0.25) is 0 Å². The van der Waals surface area contributed by atoms with Crippen molar-refractivity contribution in [2.45, 2.75) is 46.6 Å². The van der Waals surface area contributed by atoms with Crippen LogP contribution in [0.1, 0.15) is 40.5 Å². The number of rotatable bonds is 6. The van der Waals surface area contributed by atoms with Crippen LogP contribution >= 0.6 is 0 Å². The van der Waals surface area contributed by atoms with E-state index in [9.17, 15) is 0 Å². The third kappa shape index (κ3) is 5.56. The largest absolute Gasteiger partial charge is 0.396 e. The minimum absolute atomic E-state index is 0.220. The number of aliphatic hydroxyl groups is 1. The Kier molecular flexibility index (Phi) is 5.51. The Labute approximate surface area is 76.4 Å². The maximum atomic E-state index is 8.80. The van der Waals surface area contributed by atoms with Gasteiger partial charge in [-0.05, 0) is 25.2 Å². The first-order valence-corrected chi connectivity index (χ1v) is 4.86. The monoisotopic (exact) mass is 173 g/mol. The van der Waals surface area contributed by atoms with Crippen LogP contribution in [0.25, 0.3) is 0 Å². The lowest BCUT2D eigenvalue weighted by Gasteiger charge is -2.26. The van der Waals surface area contributed by atoms with Crippen LogP contribution in [0.5, 0.6) is 0 Å². The van der Waals surface area contributed by atoms with Crippen molar-refractivity contribution >= 4 is 0 Å². The smallest absolute Gasteiger partial charge is 0.0436 e. The van der Waals surface area contributed by atoms with Crippen molar-refractivity contribution in [2.75, 3.05) is 13.2 Å². The summed E-state index contributed by atoms with van der Waals surface area (Å²) in [7, 11) is 0. The second-order valence-corrected chi connectivity index (χ2v) is 4.33. The number of aliphatic hydroxyl groups excluding tert-OH is 1. The average molecular weight is 173 g/mol. The molecule has 0 saturated heterocycles. The van der Waals surface area contributed by atoms with E-state index < -0.39 is 0 Å². The molecular weight excluding hydrogens is 150 g/mol. The van der Waals surface area contributed by atoms with Crippen molar-refractivity contribution in [1.82, 2.24) is 5.32 Å². The fraction of sp³-hybridized carbons (Fsp3) is 1.00. The van der Waals surface area contributed by atoms with Crippen molar-refractivity contribution in [1.29, 1.82) is 0 Å². The fourth-order valence-electron chi connectivity index (χ4n) is 0.986. The third-order valence-corrected chi connectivity index (χ3v) is 2.33. The Bertz CT molecular complexity index is 112. The van der Waals surface area contributed by atoms with Gasteiger partial charge in [-0.2, -0.15) is 0 Å². The molecule has 0 aliphatic rings. The van der Waals surface area contributed by atoms with E-state index in [-0.39, 0.29) is 12.0 Å². The molecule has 0 aliphatic carbocycles. The van der Waals surface area contributed by atoms with E-state index >= 15 is 0 Å². The van der Waals surface area contributed by atoms with Gasteiger partial charge in [-0.15, -0.1) is 0 Å². The molecule has 0 aromatic carbocycles. The van der Waals surface area contributed by atoms with Crippen LogP contribution in [0.3, 0.4) is 0 Å².